The summed E-state index contributed by atoms with van der Waals surface area (Å²) in [5, 5.41) is 0. The molecule has 0 aromatic heterocycles. The summed E-state index contributed by atoms with van der Waals surface area (Å²) in [6, 6.07) is 1.40. The van der Waals surface area contributed by atoms with Crippen LogP contribution in [0.2, 0.25) is 6.04 Å². The minimum atomic E-state index is -0.664. The molecular formula is C5H12OSSi. The maximum Gasteiger partial charge on any atom is 0.238 e. The van der Waals surface area contributed by atoms with Gasteiger partial charge in [0.2, 0.25) is 8.19 Å². The maximum atomic E-state index is 5.50. The van der Waals surface area contributed by atoms with Crippen molar-refractivity contribution in [3.8, 4) is 0 Å². The highest BCUT2D eigenvalue weighted by atomic mass is 32.4. The fourth-order valence-corrected chi connectivity index (χ4v) is 6.08. The van der Waals surface area contributed by atoms with Gasteiger partial charge in [-0.05, 0) is 25.1 Å². The minimum Gasteiger partial charge on any atom is -0.410 e. The third-order valence-corrected chi connectivity index (χ3v) is 6.66. The van der Waals surface area contributed by atoms with Gasteiger partial charge in [0, 0.05) is 6.61 Å². The summed E-state index contributed by atoms with van der Waals surface area (Å²) in [5.74, 6) is 1.36. The second kappa shape index (κ2) is 3.53. The molecule has 0 spiro atoms. The van der Waals surface area contributed by atoms with Crippen molar-refractivity contribution in [2.75, 3.05) is 12.4 Å². The zero-order chi connectivity index (χ0) is 5.82. The van der Waals surface area contributed by atoms with Gasteiger partial charge in [0.25, 0.3) is 0 Å². The molecule has 1 saturated heterocycles. The Morgan fingerprint density at radius 2 is 2.62 bits per heavy atom. The molecule has 0 amide bonds. The topological polar surface area (TPSA) is 9.23 Å². The molecule has 1 heterocycles. The fourth-order valence-electron chi connectivity index (χ4n) is 0.865. The number of rotatable bonds is 2. The summed E-state index contributed by atoms with van der Waals surface area (Å²) in [6.45, 7) is 3.02. The lowest BCUT2D eigenvalue weighted by Gasteiger charge is -2.03. The summed E-state index contributed by atoms with van der Waals surface area (Å²) in [7, 11) is -0.664. The summed E-state index contributed by atoms with van der Waals surface area (Å²) < 4.78 is 5.50. The lowest BCUT2D eigenvalue weighted by molar-refractivity contribution is 0.356. The van der Waals surface area contributed by atoms with Crippen LogP contribution < -0.4 is 0 Å². The van der Waals surface area contributed by atoms with Crippen molar-refractivity contribution in [2.45, 2.75) is 19.4 Å². The summed E-state index contributed by atoms with van der Waals surface area (Å²) >= 11 is 2.08. The highest BCUT2D eigenvalue weighted by molar-refractivity contribution is 8.25. The van der Waals surface area contributed by atoms with Crippen LogP contribution in [0.1, 0.15) is 13.3 Å². The Morgan fingerprint density at radius 1 is 1.75 bits per heavy atom. The van der Waals surface area contributed by atoms with Gasteiger partial charge < -0.3 is 4.43 Å². The van der Waals surface area contributed by atoms with Gasteiger partial charge in [0.15, 0.2) is 0 Å². The first-order chi connectivity index (χ1) is 3.93. The molecule has 48 valence electrons. The fraction of sp³-hybridized carbons (Fsp3) is 1.00. The molecule has 0 bridgehead atoms. The third-order valence-electron chi connectivity index (χ3n) is 1.24. The van der Waals surface area contributed by atoms with E-state index in [4.69, 9.17) is 4.43 Å². The van der Waals surface area contributed by atoms with Crippen molar-refractivity contribution in [3.05, 3.63) is 0 Å². The molecule has 1 fully saturated rings. The molecule has 1 rings (SSSR count). The summed E-state index contributed by atoms with van der Waals surface area (Å²) in [4.78, 5) is 0. The maximum absolute atomic E-state index is 5.50. The normalized spacial score (nSPS) is 28.9. The molecular weight excluding hydrogens is 136 g/mol. The molecule has 0 saturated carbocycles. The van der Waals surface area contributed by atoms with Gasteiger partial charge in [0.05, 0.1) is 0 Å². The lowest BCUT2D eigenvalue weighted by Crippen LogP contribution is -2.07. The molecule has 3 heteroatoms. The molecule has 0 N–H and O–H groups in total. The van der Waals surface area contributed by atoms with Crippen LogP contribution >= 0.6 is 11.2 Å². The highest BCUT2D eigenvalue weighted by Gasteiger charge is 2.17. The van der Waals surface area contributed by atoms with Gasteiger partial charge in [0.1, 0.15) is 0 Å². The Bertz CT molecular complexity index is 63.4. The van der Waals surface area contributed by atoms with Crippen molar-refractivity contribution in [1.29, 1.82) is 0 Å². The van der Waals surface area contributed by atoms with Gasteiger partial charge in [-0.1, -0.05) is 0 Å². The van der Waals surface area contributed by atoms with E-state index in [0.29, 0.717) is 0 Å². The van der Waals surface area contributed by atoms with Gasteiger partial charge in [-0.15, -0.1) is 0 Å². The van der Waals surface area contributed by atoms with Crippen molar-refractivity contribution < 1.29 is 4.43 Å². The van der Waals surface area contributed by atoms with Gasteiger partial charge >= 0.3 is 0 Å². The van der Waals surface area contributed by atoms with Gasteiger partial charge in [-0.2, -0.15) is 11.2 Å². The van der Waals surface area contributed by atoms with Crippen LogP contribution in [0, 0.1) is 0 Å². The Kier molecular flexibility index (Phi) is 2.93. The molecule has 1 unspecified atom stereocenters. The first kappa shape index (κ1) is 6.64. The van der Waals surface area contributed by atoms with Crippen molar-refractivity contribution >= 4 is 19.4 Å². The van der Waals surface area contributed by atoms with Crippen LogP contribution in [-0.2, 0) is 4.43 Å². The Hall–Kier alpha value is 0.527. The molecule has 0 aliphatic carbocycles. The van der Waals surface area contributed by atoms with Crippen LogP contribution in [0.3, 0.4) is 0 Å². The monoisotopic (exact) mass is 148 g/mol. The minimum absolute atomic E-state index is 0.664. The van der Waals surface area contributed by atoms with E-state index in [2.05, 4.69) is 18.1 Å². The smallest absolute Gasteiger partial charge is 0.238 e. The van der Waals surface area contributed by atoms with Gasteiger partial charge in [-0.25, -0.2) is 0 Å². The average molecular weight is 148 g/mol. The van der Waals surface area contributed by atoms with Gasteiger partial charge in [-0.3, -0.25) is 0 Å². The van der Waals surface area contributed by atoms with E-state index < -0.39 is 8.19 Å². The first-order valence-corrected chi connectivity index (χ1v) is 6.91. The van der Waals surface area contributed by atoms with Crippen LogP contribution in [0.5, 0.6) is 0 Å². The van der Waals surface area contributed by atoms with E-state index in [9.17, 15) is 0 Å². The molecule has 0 aromatic carbocycles. The van der Waals surface area contributed by atoms with E-state index in [1.165, 1.54) is 18.2 Å². The van der Waals surface area contributed by atoms with E-state index in [1.807, 2.05) is 0 Å². The summed E-state index contributed by atoms with van der Waals surface area (Å²) in [6.07, 6.45) is 1.40. The van der Waals surface area contributed by atoms with Crippen LogP contribution in [-0.4, -0.2) is 20.5 Å². The standard InChI is InChI=1S/C5H12OSSi/c1-2-6-8-5-3-4-7-8/h8H,2-5H2,1H3. The largest absolute Gasteiger partial charge is 0.410 e. The van der Waals surface area contributed by atoms with Crippen molar-refractivity contribution in [3.63, 3.8) is 0 Å². The zero-order valence-corrected chi connectivity index (χ0v) is 7.19. The predicted molar refractivity (Wildman–Crippen MR) is 40.7 cm³/mol. The predicted octanol–water partition coefficient (Wildman–Crippen LogP) is 1.38. The SMILES string of the molecule is CCO[SiH]1CCCS1. The highest BCUT2D eigenvalue weighted by Crippen LogP contribution is 2.23. The van der Waals surface area contributed by atoms with E-state index >= 15 is 0 Å². The molecule has 1 aliphatic rings. The molecule has 1 atom stereocenters. The molecule has 1 nitrogen and oxygen atoms in total. The zero-order valence-electron chi connectivity index (χ0n) is 5.22. The first-order valence-electron chi connectivity index (χ1n) is 3.16. The second-order valence-corrected chi connectivity index (χ2v) is 6.99. The van der Waals surface area contributed by atoms with Crippen LogP contribution in [0.15, 0.2) is 0 Å². The second-order valence-electron chi connectivity index (χ2n) is 1.90. The van der Waals surface area contributed by atoms with Crippen molar-refractivity contribution in [2.24, 2.45) is 0 Å². The number of hydrogen-bond donors (Lipinski definition) is 0. The summed E-state index contributed by atoms with van der Waals surface area (Å²) in [5.41, 5.74) is 0. The van der Waals surface area contributed by atoms with E-state index in [-0.39, 0.29) is 0 Å². The van der Waals surface area contributed by atoms with Crippen LogP contribution in [0.25, 0.3) is 0 Å². The molecule has 0 aromatic rings. The Labute approximate surface area is 56.2 Å². The quantitative estimate of drug-likeness (QED) is 0.547. The average Bonchev–Trinajstić information content (AvgIpc) is 2.19. The van der Waals surface area contributed by atoms with E-state index in [1.54, 1.807) is 0 Å². The van der Waals surface area contributed by atoms with Crippen LogP contribution in [0.4, 0.5) is 0 Å². The van der Waals surface area contributed by atoms with Crippen molar-refractivity contribution in [1.82, 2.24) is 0 Å². The third kappa shape index (κ3) is 1.80. The van der Waals surface area contributed by atoms with E-state index in [0.717, 1.165) is 6.61 Å². The molecule has 0 radical (unpaired) electrons. The Morgan fingerprint density at radius 3 is 3.12 bits per heavy atom. The lowest BCUT2D eigenvalue weighted by atomic mass is 10.6. The number of hydrogen-bond acceptors (Lipinski definition) is 2. The molecule has 1 aliphatic heterocycles. The Balaban J connectivity index is 2.06. The molecule has 8 heavy (non-hydrogen) atoms.